The maximum atomic E-state index is 5.93. The van der Waals surface area contributed by atoms with Crippen molar-refractivity contribution in [3.63, 3.8) is 0 Å². The third-order valence-electron chi connectivity index (χ3n) is 3.00. The molecule has 0 radical (unpaired) electrons. The summed E-state index contributed by atoms with van der Waals surface area (Å²) < 4.78 is 5.71. The number of nitrogens with zero attached hydrogens (tertiary/aromatic N) is 1. The number of rotatable bonds is 5. The van der Waals surface area contributed by atoms with Crippen molar-refractivity contribution in [2.45, 2.75) is 26.7 Å². The van der Waals surface area contributed by atoms with Gasteiger partial charge < -0.3 is 10.2 Å². The fourth-order valence-electron chi connectivity index (χ4n) is 2.21. The van der Waals surface area contributed by atoms with Gasteiger partial charge in [-0.05, 0) is 43.0 Å². The molecule has 1 atom stereocenters. The van der Waals surface area contributed by atoms with Gasteiger partial charge >= 0.3 is 0 Å². The Balaban J connectivity index is 2.15. The Morgan fingerprint density at radius 3 is 2.83 bits per heavy atom. The SMILES string of the molecule is CC(C)CC(CN)Cc1nc2cc(Cl)ccc2o1. The van der Waals surface area contributed by atoms with E-state index in [-0.39, 0.29) is 0 Å². The summed E-state index contributed by atoms with van der Waals surface area (Å²) in [5, 5.41) is 0.680. The minimum atomic E-state index is 0.425. The summed E-state index contributed by atoms with van der Waals surface area (Å²) in [6.07, 6.45) is 1.89. The van der Waals surface area contributed by atoms with Crippen LogP contribution in [0.15, 0.2) is 22.6 Å². The summed E-state index contributed by atoms with van der Waals surface area (Å²) in [7, 11) is 0. The van der Waals surface area contributed by atoms with Crippen molar-refractivity contribution >= 4 is 22.7 Å². The summed E-state index contributed by atoms with van der Waals surface area (Å²) in [5.74, 6) is 1.81. The van der Waals surface area contributed by atoms with Gasteiger partial charge in [0.2, 0.25) is 0 Å². The Morgan fingerprint density at radius 1 is 1.39 bits per heavy atom. The number of hydrogen-bond acceptors (Lipinski definition) is 3. The molecule has 0 aliphatic rings. The van der Waals surface area contributed by atoms with Gasteiger partial charge in [0.25, 0.3) is 0 Å². The van der Waals surface area contributed by atoms with Crippen molar-refractivity contribution in [2.75, 3.05) is 6.54 Å². The highest BCUT2D eigenvalue weighted by Gasteiger charge is 2.14. The molecule has 98 valence electrons. The molecule has 0 fully saturated rings. The standard InChI is InChI=1S/C14H19ClN2O/c1-9(2)5-10(8-16)6-14-17-12-7-11(15)3-4-13(12)18-14/h3-4,7,9-10H,5-6,8,16H2,1-2H3. The molecular weight excluding hydrogens is 248 g/mol. The number of hydrogen-bond donors (Lipinski definition) is 1. The van der Waals surface area contributed by atoms with Gasteiger partial charge in [-0.25, -0.2) is 4.98 Å². The van der Waals surface area contributed by atoms with Crippen LogP contribution >= 0.6 is 11.6 Å². The van der Waals surface area contributed by atoms with E-state index in [2.05, 4.69) is 18.8 Å². The Labute approximate surface area is 112 Å². The van der Waals surface area contributed by atoms with Crippen molar-refractivity contribution in [1.82, 2.24) is 4.98 Å². The average molecular weight is 267 g/mol. The van der Waals surface area contributed by atoms with E-state index in [1.54, 1.807) is 0 Å². The second kappa shape index (κ2) is 5.72. The Kier molecular flexibility index (Phi) is 4.25. The molecule has 0 aliphatic heterocycles. The van der Waals surface area contributed by atoms with E-state index in [1.165, 1.54) is 0 Å². The second-order valence-electron chi connectivity index (χ2n) is 5.16. The third kappa shape index (κ3) is 3.24. The minimum Gasteiger partial charge on any atom is -0.441 e. The van der Waals surface area contributed by atoms with Crippen LogP contribution in [-0.4, -0.2) is 11.5 Å². The topological polar surface area (TPSA) is 52.0 Å². The molecule has 18 heavy (non-hydrogen) atoms. The van der Waals surface area contributed by atoms with E-state index in [4.69, 9.17) is 21.8 Å². The quantitative estimate of drug-likeness (QED) is 0.899. The van der Waals surface area contributed by atoms with Gasteiger partial charge in [-0.3, -0.25) is 0 Å². The molecule has 0 saturated heterocycles. The van der Waals surface area contributed by atoms with E-state index in [9.17, 15) is 0 Å². The zero-order valence-electron chi connectivity index (χ0n) is 10.8. The maximum Gasteiger partial charge on any atom is 0.195 e. The molecule has 0 bridgehead atoms. The van der Waals surface area contributed by atoms with Crippen molar-refractivity contribution in [3.8, 4) is 0 Å². The van der Waals surface area contributed by atoms with Crippen molar-refractivity contribution < 1.29 is 4.42 Å². The van der Waals surface area contributed by atoms with Crippen molar-refractivity contribution in [1.29, 1.82) is 0 Å². The largest absolute Gasteiger partial charge is 0.441 e. The highest BCUT2D eigenvalue weighted by Crippen LogP contribution is 2.22. The van der Waals surface area contributed by atoms with E-state index >= 15 is 0 Å². The van der Waals surface area contributed by atoms with Gasteiger partial charge in [-0.15, -0.1) is 0 Å². The molecule has 1 unspecified atom stereocenters. The number of fused-ring (bicyclic) bond motifs is 1. The van der Waals surface area contributed by atoms with Crippen LogP contribution in [0.3, 0.4) is 0 Å². The number of benzene rings is 1. The van der Waals surface area contributed by atoms with Crippen LogP contribution in [0.1, 0.15) is 26.2 Å². The molecule has 1 aromatic heterocycles. The van der Waals surface area contributed by atoms with Crippen LogP contribution in [0.2, 0.25) is 5.02 Å². The Morgan fingerprint density at radius 2 is 2.17 bits per heavy atom. The summed E-state index contributed by atoms with van der Waals surface area (Å²) in [6, 6.07) is 5.49. The van der Waals surface area contributed by atoms with Gasteiger partial charge in [-0.1, -0.05) is 25.4 Å². The summed E-state index contributed by atoms with van der Waals surface area (Å²) >= 11 is 5.93. The smallest absolute Gasteiger partial charge is 0.195 e. The van der Waals surface area contributed by atoms with Crippen LogP contribution in [0.5, 0.6) is 0 Å². The molecule has 1 heterocycles. The molecule has 3 nitrogen and oxygen atoms in total. The summed E-state index contributed by atoms with van der Waals surface area (Å²) in [4.78, 5) is 4.46. The molecule has 2 aromatic rings. The number of halogens is 1. The zero-order chi connectivity index (χ0) is 13.1. The molecule has 1 aromatic carbocycles. The molecule has 0 saturated carbocycles. The Bertz CT molecular complexity index is 521. The van der Waals surface area contributed by atoms with Gasteiger partial charge in [-0.2, -0.15) is 0 Å². The number of oxazole rings is 1. The van der Waals surface area contributed by atoms with Gasteiger partial charge in [0.1, 0.15) is 5.52 Å². The highest BCUT2D eigenvalue weighted by atomic mass is 35.5. The first-order valence-corrected chi connectivity index (χ1v) is 6.71. The predicted molar refractivity (Wildman–Crippen MR) is 74.7 cm³/mol. The third-order valence-corrected chi connectivity index (χ3v) is 3.23. The van der Waals surface area contributed by atoms with Gasteiger partial charge in [0.15, 0.2) is 11.5 Å². The average Bonchev–Trinajstić information content (AvgIpc) is 2.68. The maximum absolute atomic E-state index is 5.93. The van der Waals surface area contributed by atoms with Crippen LogP contribution in [0.4, 0.5) is 0 Å². The van der Waals surface area contributed by atoms with Crippen LogP contribution in [-0.2, 0) is 6.42 Å². The van der Waals surface area contributed by atoms with Crippen LogP contribution < -0.4 is 5.73 Å². The first kappa shape index (κ1) is 13.4. The van der Waals surface area contributed by atoms with Crippen LogP contribution in [0.25, 0.3) is 11.1 Å². The lowest BCUT2D eigenvalue weighted by Gasteiger charge is -2.14. The van der Waals surface area contributed by atoms with Crippen molar-refractivity contribution in [2.24, 2.45) is 17.6 Å². The normalized spacial score (nSPS) is 13.4. The Hall–Kier alpha value is -1.06. The summed E-state index contributed by atoms with van der Waals surface area (Å²) in [5.41, 5.74) is 7.40. The minimum absolute atomic E-state index is 0.425. The molecule has 0 aliphatic carbocycles. The monoisotopic (exact) mass is 266 g/mol. The van der Waals surface area contributed by atoms with Crippen molar-refractivity contribution in [3.05, 3.63) is 29.1 Å². The molecular formula is C14H19ClN2O. The molecule has 0 amide bonds. The second-order valence-corrected chi connectivity index (χ2v) is 5.59. The van der Waals surface area contributed by atoms with E-state index in [1.807, 2.05) is 18.2 Å². The molecule has 2 rings (SSSR count). The lowest BCUT2D eigenvalue weighted by Crippen LogP contribution is -2.18. The molecule has 4 heteroatoms. The lowest BCUT2D eigenvalue weighted by atomic mass is 9.94. The lowest BCUT2D eigenvalue weighted by molar-refractivity contribution is 0.380. The molecule has 2 N–H and O–H groups in total. The van der Waals surface area contributed by atoms with Gasteiger partial charge in [0.05, 0.1) is 0 Å². The summed E-state index contributed by atoms with van der Waals surface area (Å²) in [6.45, 7) is 5.07. The van der Waals surface area contributed by atoms with Gasteiger partial charge in [0, 0.05) is 11.4 Å². The fraction of sp³-hybridized carbons (Fsp3) is 0.500. The highest BCUT2D eigenvalue weighted by molar-refractivity contribution is 6.31. The fourth-order valence-corrected chi connectivity index (χ4v) is 2.38. The van der Waals surface area contributed by atoms with E-state index in [0.29, 0.717) is 23.4 Å². The number of aromatic nitrogens is 1. The van der Waals surface area contributed by atoms with Crippen LogP contribution in [0, 0.1) is 11.8 Å². The zero-order valence-corrected chi connectivity index (χ0v) is 11.6. The number of nitrogens with two attached hydrogens (primary N) is 1. The first-order chi connectivity index (χ1) is 8.58. The van der Waals surface area contributed by atoms with E-state index < -0.39 is 0 Å². The first-order valence-electron chi connectivity index (χ1n) is 6.33. The molecule has 0 spiro atoms. The predicted octanol–water partition coefficient (Wildman–Crippen LogP) is 3.64. The van der Waals surface area contributed by atoms with E-state index in [0.717, 1.165) is 29.8 Å².